The van der Waals surface area contributed by atoms with Crippen LogP contribution < -0.4 is 0 Å². The van der Waals surface area contributed by atoms with Gasteiger partial charge < -0.3 is 61.6 Å². The molecule has 0 fully saturated rings. The van der Waals surface area contributed by atoms with Gasteiger partial charge in [-0.15, -0.1) is 0 Å². The monoisotopic (exact) mass is 630 g/mol. The number of ether oxygens (including phenoxy) is 13. The molecule has 43 heavy (non-hydrogen) atoms. The van der Waals surface area contributed by atoms with E-state index < -0.39 is 0 Å². The third-order valence-electron chi connectivity index (χ3n) is 4.93. The summed E-state index contributed by atoms with van der Waals surface area (Å²) in [6.45, 7) is 11.8. The third kappa shape index (κ3) is 38.5. The molecule has 256 valence electrons. The second-order valence-corrected chi connectivity index (χ2v) is 8.40. The van der Waals surface area contributed by atoms with Gasteiger partial charge in [-0.1, -0.05) is 0 Å². The minimum Gasteiger partial charge on any atom is -0.469 e. The Hall–Kier alpha value is -1.50. The first-order chi connectivity index (χ1) is 21.2. The molecule has 0 aromatic carbocycles. The van der Waals surface area contributed by atoms with E-state index in [4.69, 9.17) is 56.8 Å². The lowest BCUT2D eigenvalue weighted by Gasteiger charge is -2.09. The molecule has 0 unspecified atom stereocenters. The molecule has 0 radical (unpaired) electrons. The van der Waals surface area contributed by atoms with Crippen molar-refractivity contribution in [1.29, 1.82) is 0 Å². The van der Waals surface area contributed by atoms with E-state index in [9.17, 15) is 9.59 Å². The SMILES string of the molecule is COC(=O)CCOCCOCCOCCOCCOCCOCCOCCOCCOCCOCCOCCOC(C)=O. The van der Waals surface area contributed by atoms with E-state index in [0.29, 0.717) is 145 Å². The molecule has 0 bridgehead atoms. The van der Waals surface area contributed by atoms with Crippen LogP contribution in [0.3, 0.4) is 0 Å². The molecule has 15 nitrogen and oxygen atoms in total. The van der Waals surface area contributed by atoms with E-state index in [2.05, 4.69) is 4.74 Å². The van der Waals surface area contributed by atoms with Crippen molar-refractivity contribution in [2.24, 2.45) is 0 Å². The van der Waals surface area contributed by atoms with Gasteiger partial charge >= 0.3 is 11.9 Å². The van der Waals surface area contributed by atoms with Gasteiger partial charge in [0.1, 0.15) is 6.61 Å². The van der Waals surface area contributed by atoms with E-state index in [-0.39, 0.29) is 25.0 Å². The highest BCUT2D eigenvalue weighted by Crippen LogP contribution is 1.89. The third-order valence-corrected chi connectivity index (χ3v) is 4.93. The molecule has 0 N–H and O–H groups in total. The summed E-state index contributed by atoms with van der Waals surface area (Å²) in [5, 5.41) is 0. The highest BCUT2D eigenvalue weighted by atomic mass is 16.6. The van der Waals surface area contributed by atoms with Gasteiger partial charge in [0.25, 0.3) is 0 Å². The van der Waals surface area contributed by atoms with Crippen molar-refractivity contribution in [3.8, 4) is 0 Å². The second kappa shape index (κ2) is 36.7. The predicted molar refractivity (Wildman–Crippen MR) is 152 cm³/mol. The van der Waals surface area contributed by atoms with Crippen molar-refractivity contribution < 1.29 is 71.2 Å². The number of hydrogen-bond acceptors (Lipinski definition) is 15. The maximum Gasteiger partial charge on any atom is 0.307 e. The molecule has 0 aliphatic heterocycles. The highest BCUT2D eigenvalue weighted by molar-refractivity contribution is 5.69. The fourth-order valence-electron chi connectivity index (χ4n) is 2.80. The molecule has 0 atom stereocenters. The number of carbonyl (C=O) groups is 2. The van der Waals surface area contributed by atoms with Gasteiger partial charge in [-0.25, -0.2) is 0 Å². The normalized spacial score (nSPS) is 11.2. The summed E-state index contributed by atoms with van der Waals surface area (Å²) in [5.74, 6) is -0.603. The van der Waals surface area contributed by atoms with Gasteiger partial charge in [-0.05, 0) is 0 Å². The largest absolute Gasteiger partial charge is 0.469 e. The number of carbonyl (C=O) groups excluding carboxylic acids is 2. The van der Waals surface area contributed by atoms with Crippen LogP contribution in [-0.4, -0.2) is 171 Å². The van der Waals surface area contributed by atoms with Crippen LogP contribution in [0, 0.1) is 0 Å². The Balaban J connectivity index is 3.05. The highest BCUT2D eigenvalue weighted by Gasteiger charge is 1.99. The van der Waals surface area contributed by atoms with E-state index in [0.717, 1.165) is 0 Å². The van der Waals surface area contributed by atoms with E-state index in [1.807, 2.05) is 0 Å². The van der Waals surface area contributed by atoms with Crippen LogP contribution >= 0.6 is 0 Å². The second-order valence-electron chi connectivity index (χ2n) is 8.40. The molecule has 0 amide bonds. The Kier molecular flexibility index (Phi) is 35.4. The van der Waals surface area contributed by atoms with Crippen molar-refractivity contribution in [1.82, 2.24) is 0 Å². The van der Waals surface area contributed by atoms with Crippen molar-refractivity contribution in [3.63, 3.8) is 0 Å². The zero-order valence-corrected chi connectivity index (χ0v) is 26.1. The molecular weight excluding hydrogens is 576 g/mol. The first kappa shape index (κ1) is 41.5. The van der Waals surface area contributed by atoms with Crippen LogP contribution in [0.2, 0.25) is 0 Å². The first-order valence-corrected chi connectivity index (χ1v) is 14.7. The lowest BCUT2D eigenvalue weighted by molar-refractivity contribution is -0.143. The fourth-order valence-corrected chi connectivity index (χ4v) is 2.80. The fraction of sp³-hybridized carbons (Fsp3) is 0.929. The van der Waals surface area contributed by atoms with Gasteiger partial charge in [0, 0.05) is 6.92 Å². The molecule has 0 saturated carbocycles. The maximum atomic E-state index is 10.9. The van der Waals surface area contributed by atoms with E-state index >= 15 is 0 Å². The topological polar surface area (TPSA) is 154 Å². The van der Waals surface area contributed by atoms with Crippen molar-refractivity contribution in [3.05, 3.63) is 0 Å². The average Bonchev–Trinajstić information content (AvgIpc) is 3.00. The minimum atomic E-state index is -0.314. The molecule has 0 spiro atoms. The van der Waals surface area contributed by atoms with Gasteiger partial charge in [0.15, 0.2) is 0 Å². The molecular formula is C28H54O15. The molecule has 0 aromatic heterocycles. The summed E-state index contributed by atoms with van der Waals surface area (Å²) in [7, 11) is 1.35. The number of hydrogen-bond donors (Lipinski definition) is 0. The molecule has 0 saturated heterocycles. The van der Waals surface area contributed by atoms with Crippen LogP contribution in [-0.2, 0) is 71.2 Å². The predicted octanol–water partition coefficient (Wildman–Crippen LogP) is 0.295. The zero-order chi connectivity index (χ0) is 31.3. The number of methoxy groups -OCH3 is 1. The Morgan fingerprint density at radius 3 is 0.767 bits per heavy atom. The maximum absolute atomic E-state index is 10.9. The quantitative estimate of drug-likeness (QED) is 0.0688. The van der Waals surface area contributed by atoms with Gasteiger partial charge in [0.2, 0.25) is 0 Å². The van der Waals surface area contributed by atoms with Gasteiger partial charge in [-0.3, -0.25) is 9.59 Å². The molecule has 0 aliphatic carbocycles. The summed E-state index contributed by atoms with van der Waals surface area (Å²) in [5.41, 5.74) is 0. The van der Waals surface area contributed by atoms with E-state index in [1.54, 1.807) is 0 Å². The summed E-state index contributed by atoms with van der Waals surface area (Å²) in [6, 6.07) is 0. The molecule has 0 aromatic rings. The summed E-state index contributed by atoms with van der Waals surface area (Å²) in [6.07, 6.45) is 0.242. The summed E-state index contributed by atoms with van der Waals surface area (Å²) < 4.78 is 68.5. The Morgan fingerprint density at radius 1 is 0.349 bits per heavy atom. The Labute approximate surface area is 255 Å². The standard InChI is InChI=1S/C28H54O15/c1-27(29)43-26-25-42-24-23-41-22-21-40-20-19-39-18-17-38-16-15-37-14-13-36-12-11-35-10-9-34-8-7-33-6-5-32-4-3-28(30)31-2/h3-26H2,1-2H3. The first-order valence-electron chi connectivity index (χ1n) is 14.7. The zero-order valence-electron chi connectivity index (χ0n) is 26.1. The Morgan fingerprint density at radius 2 is 0.558 bits per heavy atom. The summed E-state index contributed by atoms with van der Waals surface area (Å²) >= 11 is 0. The van der Waals surface area contributed by atoms with Crippen LogP contribution in [0.1, 0.15) is 13.3 Å². The van der Waals surface area contributed by atoms with Crippen LogP contribution in [0.15, 0.2) is 0 Å². The van der Waals surface area contributed by atoms with Crippen LogP contribution in [0.25, 0.3) is 0 Å². The van der Waals surface area contributed by atoms with Crippen LogP contribution in [0.4, 0.5) is 0 Å². The van der Waals surface area contributed by atoms with Crippen molar-refractivity contribution in [2.45, 2.75) is 13.3 Å². The van der Waals surface area contributed by atoms with Crippen molar-refractivity contribution in [2.75, 3.05) is 159 Å². The number of esters is 2. The summed E-state index contributed by atoms with van der Waals surface area (Å²) in [4.78, 5) is 21.5. The van der Waals surface area contributed by atoms with Gasteiger partial charge in [-0.2, -0.15) is 0 Å². The molecule has 0 rings (SSSR count). The minimum absolute atomic E-state index is 0.242. The lowest BCUT2D eigenvalue weighted by Crippen LogP contribution is -2.15. The van der Waals surface area contributed by atoms with Gasteiger partial charge in [0.05, 0.1) is 159 Å². The lowest BCUT2D eigenvalue weighted by atomic mass is 10.5. The average molecular weight is 631 g/mol. The molecule has 0 heterocycles. The van der Waals surface area contributed by atoms with Crippen LogP contribution in [0.5, 0.6) is 0 Å². The molecule has 0 aliphatic rings. The smallest absolute Gasteiger partial charge is 0.307 e. The van der Waals surface area contributed by atoms with Crippen molar-refractivity contribution >= 4 is 11.9 Å². The molecule has 15 heteroatoms. The van der Waals surface area contributed by atoms with E-state index in [1.165, 1.54) is 14.0 Å². The Bertz CT molecular complexity index is 582. The number of rotatable bonds is 36.